The lowest BCUT2D eigenvalue weighted by molar-refractivity contribution is 1.19. The fourth-order valence-electron chi connectivity index (χ4n) is 1.55. The van der Waals surface area contributed by atoms with Gasteiger partial charge in [-0.15, -0.1) is 0 Å². The van der Waals surface area contributed by atoms with Crippen LogP contribution in [0.4, 0.5) is 5.69 Å². The standard InChI is InChI=1S/C13H14N2/c14-15-13-8-6-12(7-9-13)10-11-4-2-1-3-5-11/h1-9,15H,10,14H2. The van der Waals surface area contributed by atoms with E-state index in [4.69, 9.17) is 5.84 Å². The Labute approximate surface area is 89.7 Å². The summed E-state index contributed by atoms with van der Waals surface area (Å²) in [7, 11) is 0. The Kier molecular flexibility index (Phi) is 3.00. The van der Waals surface area contributed by atoms with Crippen LogP contribution >= 0.6 is 0 Å². The Morgan fingerprint density at radius 2 is 1.40 bits per heavy atom. The van der Waals surface area contributed by atoms with Crippen LogP contribution in [-0.4, -0.2) is 0 Å². The molecule has 0 spiro atoms. The number of hydrogen-bond donors (Lipinski definition) is 2. The van der Waals surface area contributed by atoms with Gasteiger partial charge in [0.15, 0.2) is 0 Å². The van der Waals surface area contributed by atoms with Gasteiger partial charge < -0.3 is 5.43 Å². The maximum absolute atomic E-state index is 5.30. The molecule has 2 aromatic carbocycles. The SMILES string of the molecule is NNc1ccc(Cc2ccccc2)cc1. The van der Waals surface area contributed by atoms with Crippen molar-refractivity contribution in [3.63, 3.8) is 0 Å². The molecule has 2 heteroatoms. The number of rotatable bonds is 3. The van der Waals surface area contributed by atoms with Crippen molar-refractivity contribution in [3.8, 4) is 0 Å². The Hall–Kier alpha value is -1.80. The number of nitrogens with two attached hydrogens (primary N) is 1. The van der Waals surface area contributed by atoms with Crippen molar-refractivity contribution >= 4 is 5.69 Å². The van der Waals surface area contributed by atoms with Crippen LogP contribution in [0.1, 0.15) is 11.1 Å². The van der Waals surface area contributed by atoms with Crippen LogP contribution in [0, 0.1) is 0 Å². The molecule has 0 aliphatic heterocycles. The van der Waals surface area contributed by atoms with Gasteiger partial charge in [-0.3, -0.25) is 5.84 Å². The van der Waals surface area contributed by atoms with Crippen molar-refractivity contribution < 1.29 is 0 Å². The first-order valence-corrected chi connectivity index (χ1v) is 4.98. The van der Waals surface area contributed by atoms with Crippen molar-refractivity contribution in [1.29, 1.82) is 0 Å². The van der Waals surface area contributed by atoms with E-state index in [0.29, 0.717) is 0 Å². The van der Waals surface area contributed by atoms with Crippen LogP contribution < -0.4 is 11.3 Å². The normalized spacial score (nSPS) is 9.93. The molecule has 76 valence electrons. The first kappa shape index (κ1) is 9.74. The smallest absolute Gasteiger partial charge is 0.0485 e. The predicted molar refractivity (Wildman–Crippen MR) is 63.5 cm³/mol. The maximum atomic E-state index is 5.30. The van der Waals surface area contributed by atoms with Crippen LogP contribution in [0.5, 0.6) is 0 Å². The van der Waals surface area contributed by atoms with Crippen molar-refractivity contribution in [2.45, 2.75) is 6.42 Å². The summed E-state index contributed by atoms with van der Waals surface area (Å²) in [4.78, 5) is 0. The van der Waals surface area contributed by atoms with E-state index in [1.165, 1.54) is 11.1 Å². The van der Waals surface area contributed by atoms with E-state index >= 15 is 0 Å². The lowest BCUT2D eigenvalue weighted by Gasteiger charge is -2.03. The van der Waals surface area contributed by atoms with Gasteiger partial charge >= 0.3 is 0 Å². The summed E-state index contributed by atoms with van der Waals surface area (Å²) < 4.78 is 0. The van der Waals surface area contributed by atoms with Crippen LogP contribution in [0.3, 0.4) is 0 Å². The number of nitrogen functional groups attached to an aromatic ring is 1. The van der Waals surface area contributed by atoms with Gasteiger partial charge in [0.2, 0.25) is 0 Å². The summed E-state index contributed by atoms with van der Waals surface area (Å²) in [6, 6.07) is 18.6. The minimum atomic E-state index is 0.937. The molecular weight excluding hydrogens is 184 g/mol. The lowest BCUT2D eigenvalue weighted by atomic mass is 10.1. The summed E-state index contributed by atoms with van der Waals surface area (Å²) in [5.74, 6) is 5.30. The first-order valence-electron chi connectivity index (χ1n) is 4.98. The molecule has 0 saturated carbocycles. The average molecular weight is 198 g/mol. The molecule has 2 rings (SSSR count). The van der Waals surface area contributed by atoms with Gasteiger partial charge in [-0.1, -0.05) is 42.5 Å². The number of anilines is 1. The molecule has 0 radical (unpaired) electrons. The minimum Gasteiger partial charge on any atom is -0.324 e. The summed E-state index contributed by atoms with van der Waals surface area (Å²) in [5.41, 5.74) is 6.17. The molecule has 0 aliphatic rings. The highest BCUT2D eigenvalue weighted by Crippen LogP contribution is 2.12. The Morgan fingerprint density at radius 1 is 0.800 bits per heavy atom. The topological polar surface area (TPSA) is 38.0 Å². The van der Waals surface area contributed by atoms with Crippen molar-refractivity contribution in [2.24, 2.45) is 5.84 Å². The molecular formula is C13H14N2. The van der Waals surface area contributed by atoms with E-state index < -0.39 is 0 Å². The molecule has 2 nitrogen and oxygen atoms in total. The van der Waals surface area contributed by atoms with Crippen LogP contribution in [0.15, 0.2) is 54.6 Å². The Balaban J connectivity index is 2.11. The molecule has 15 heavy (non-hydrogen) atoms. The third-order valence-electron chi connectivity index (χ3n) is 2.37. The molecule has 3 N–H and O–H groups in total. The number of hydrazine groups is 1. The summed E-state index contributed by atoms with van der Waals surface area (Å²) in [6.07, 6.45) is 0.964. The van der Waals surface area contributed by atoms with E-state index in [2.05, 4.69) is 41.8 Å². The van der Waals surface area contributed by atoms with E-state index in [1.807, 2.05) is 18.2 Å². The van der Waals surface area contributed by atoms with E-state index in [1.54, 1.807) is 0 Å². The number of hydrogen-bond acceptors (Lipinski definition) is 2. The first-order chi connectivity index (χ1) is 7.38. The molecule has 2 aromatic rings. The third-order valence-corrected chi connectivity index (χ3v) is 2.37. The summed E-state index contributed by atoms with van der Waals surface area (Å²) in [6.45, 7) is 0. The highest BCUT2D eigenvalue weighted by Gasteiger charge is 1.95. The second-order valence-electron chi connectivity index (χ2n) is 3.50. The summed E-state index contributed by atoms with van der Waals surface area (Å²) in [5, 5.41) is 0. The van der Waals surface area contributed by atoms with Gasteiger partial charge in [0.25, 0.3) is 0 Å². The third kappa shape index (κ3) is 2.58. The maximum Gasteiger partial charge on any atom is 0.0485 e. The molecule has 0 aromatic heterocycles. The van der Waals surface area contributed by atoms with Crippen molar-refractivity contribution in [1.82, 2.24) is 0 Å². The Morgan fingerprint density at radius 3 is 2.00 bits per heavy atom. The number of nitrogens with one attached hydrogen (secondary N) is 1. The van der Waals surface area contributed by atoms with Gasteiger partial charge in [0.1, 0.15) is 0 Å². The van der Waals surface area contributed by atoms with E-state index in [-0.39, 0.29) is 0 Å². The van der Waals surface area contributed by atoms with Gasteiger partial charge in [0, 0.05) is 5.69 Å². The lowest BCUT2D eigenvalue weighted by Crippen LogP contribution is -2.06. The van der Waals surface area contributed by atoms with Gasteiger partial charge in [-0.25, -0.2) is 0 Å². The zero-order valence-electron chi connectivity index (χ0n) is 8.48. The molecule has 0 heterocycles. The van der Waals surface area contributed by atoms with E-state index in [0.717, 1.165) is 12.1 Å². The highest BCUT2D eigenvalue weighted by atomic mass is 15.2. The molecule has 0 atom stereocenters. The van der Waals surface area contributed by atoms with Crippen LogP contribution in [0.25, 0.3) is 0 Å². The fourth-order valence-corrected chi connectivity index (χ4v) is 1.55. The molecule has 0 bridgehead atoms. The molecule has 0 saturated heterocycles. The monoisotopic (exact) mass is 198 g/mol. The van der Waals surface area contributed by atoms with Crippen LogP contribution in [0.2, 0.25) is 0 Å². The molecule has 0 fully saturated rings. The van der Waals surface area contributed by atoms with Gasteiger partial charge in [0.05, 0.1) is 0 Å². The molecule has 0 amide bonds. The second kappa shape index (κ2) is 4.62. The fraction of sp³-hybridized carbons (Fsp3) is 0.0769. The zero-order valence-corrected chi connectivity index (χ0v) is 8.48. The number of benzene rings is 2. The van der Waals surface area contributed by atoms with Crippen LogP contribution in [-0.2, 0) is 6.42 Å². The molecule has 0 unspecified atom stereocenters. The quantitative estimate of drug-likeness (QED) is 0.587. The highest BCUT2D eigenvalue weighted by molar-refractivity contribution is 5.44. The molecule has 0 aliphatic carbocycles. The average Bonchev–Trinajstić information content (AvgIpc) is 2.31. The predicted octanol–water partition coefficient (Wildman–Crippen LogP) is 2.56. The second-order valence-corrected chi connectivity index (χ2v) is 3.50. The van der Waals surface area contributed by atoms with Crippen molar-refractivity contribution in [3.05, 3.63) is 65.7 Å². The zero-order chi connectivity index (χ0) is 10.5. The largest absolute Gasteiger partial charge is 0.324 e. The Bertz CT molecular complexity index is 406. The summed E-state index contributed by atoms with van der Waals surface area (Å²) >= 11 is 0. The van der Waals surface area contributed by atoms with Gasteiger partial charge in [-0.2, -0.15) is 0 Å². The van der Waals surface area contributed by atoms with E-state index in [9.17, 15) is 0 Å². The van der Waals surface area contributed by atoms with Crippen molar-refractivity contribution in [2.75, 3.05) is 5.43 Å². The van der Waals surface area contributed by atoms with Gasteiger partial charge in [-0.05, 0) is 29.7 Å². The minimum absolute atomic E-state index is 0.937.